The molecule has 0 spiro atoms. The zero-order chi connectivity index (χ0) is 14.5. The lowest BCUT2D eigenvalue weighted by Crippen LogP contribution is -2.40. The van der Waals surface area contributed by atoms with Crippen molar-refractivity contribution in [3.8, 4) is 0 Å². The Kier molecular flexibility index (Phi) is 4.94. The van der Waals surface area contributed by atoms with Crippen LogP contribution in [0.4, 0.5) is 5.69 Å². The van der Waals surface area contributed by atoms with E-state index in [0.717, 1.165) is 6.54 Å². The molecule has 1 heterocycles. The molecule has 7 heteroatoms. The van der Waals surface area contributed by atoms with Gasteiger partial charge in [-0.2, -0.15) is 0 Å². The van der Waals surface area contributed by atoms with Crippen LogP contribution < -0.4 is 10.6 Å². The first-order valence-electron chi connectivity index (χ1n) is 6.22. The molecule has 1 fully saturated rings. The fraction of sp³-hybridized carbons (Fsp3) is 0.385. The Bertz CT molecular complexity index is 515. The predicted molar refractivity (Wildman–Crippen MR) is 74.3 cm³/mol. The minimum atomic E-state index is -1.18. The van der Waals surface area contributed by atoms with Crippen molar-refractivity contribution in [1.29, 1.82) is 0 Å². The maximum absolute atomic E-state index is 11.9. The van der Waals surface area contributed by atoms with Crippen molar-refractivity contribution in [3.05, 3.63) is 28.8 Å². The van der Waals surface area contributed by atoms with Crippen molar-refractivity contribution in [1.82, 2.24) is 5.32 Å². The van der Waals surface area contributed by atoms with Gasteiger partial charge in [0.25, 0.3) is 0 Å². The molecular weight excluding hydrogens is 284 g/mol. The minimum Gasteiger partial charge on any atom is -0.478 e. The fourth-order valence-electron chi connectivity index (χ4n) is 2.00. The lowest BCUT2D eigenvalue weighted by Gasteiger charge is -2.23. The van der Waals surface area contributed by atoms with Crippen molar-refractivity contribution in [2.75, 3.05) is 25.0 Å². The monoisotopic (exact) mass is 298 g/mol. The molecule has 1 aromatic rings. The zero-order valence-corrected chi connectivity index (χ0v) is 11.4. The molecule has 1 aromatic carbocycles. The van der Waals surface area contributed by atoms with Crippen LogP contribution in [0.2, 0.25) is 5.02 Å². The molecule has 1 saturated heterocycles. The Balaban J connectivity index is 2.04. The van der Waals surface area contributed by atoms with Gasteiger partial charge >= 0.3 is 5.97 Å². The third kappa shape index (κ3) is 3.69. The molecule has 0 bridgehead atoms. The quantitative estimate of drug-likeness (QED) is 0.781. The zero-order valence-electron chi connectivity index (χ0n) is 10.7. The Hall–Kier alpha value is -1.63. The predicted octanol–water partition coefficient (Wildman–Crippen LogP) is 1.36. The summed E-state index contributed by atoms with van der Waals surface area (Å²) in [4.78, 5) is 23.1. The molecule has 20 heavy (non-hydrogen) atoms. The summed E-state index contributed by atoms with van der Waals surface area (Å²) in [5, 5.41) is 14.9. The number of morpholine rings is 1. The number of carboxylic acids is 1. The third-order valence-electron chi connectivity index (χ3n) is 2.92. The van der Waals surface area contributed by atoms with E-state index >= 15 is 0 Å². The Labute approximate surface area is 121 Å². The second-order valence-electron chi connectivity index (χ2n) is 4.42. The van der Waals surface area contributed by atoms with Crippen molar-refractivity contribution >= 4 is 29.2 Å². The number of rotatable bonds is 4. The van der Waals surface area contributed by atoms with Gasteiger partial charge in [-0.25, -0.2) is 4.79 Å². The van der Waals surface area contributed by atoms with Gasteiger partial charge in [-0.15, -0.1) is 0 Å². The average molecular weight is 299 g/mol. The molecular formula is C13H15ClN2O4. The number of carbonyl (C=O) groups is 2. The van der Waals surface area contributed by atoms with Crippen molar-refractivity contribution in [2.45, 2.75) is 12.5 Å². The summed E-state index contributed by atoms with van der Waals surface area (Å²) in [6.07, 6.45) is -0.0327. The van der Waals surface area contributed by atoms with Gasteiger partial charge in [-0.3, -0.25) is 4.79 Å². The van der Waals surface area contributed by atoms with Crippen LogP contribution in [0.15, 0.2) is 18.2 Å². The molecule has 2 rings (SSSR count). The van der Waals surface area contributed by atoms with E-state index in [0.29, 0.717) is 13.2 Å². The number of ether oxygens (including phenoxy) is 1. The number of carbonyl (C=O) groups excluding carboxylic acids is 1. The first-order valence-corrected chi connectivity index (χ1v) is 6.59. The van der Waals surface area contributed by atoms with Crippen LogP contribution in [0.1, 0.15) is 16.8 Å². The van der Waals surface area contributed by atoms with E-state index in [-0.39, 0.29) is 34.7 Å². The summed E-state index contributed by atoms with van der Waals surface area (Å²) >= 11 is 5.83. The summed E-state index contributed by atoms with van der Waals surface area (Å²) in [6.45, 7) is 1.94. The van der Waals surface area contributed by atoms with Gasteiger partial charge in [0.05, 0.1) is 29.8 Å². The molecule has 1 aliphatic heterocycles. The number of amides is 1. The molecule has 1 atom stereocenters. The Morgan fingerprint density at radius 3 is 2.95 bits per heavy atom. The Morgan fingerprint density at radius 2 is 2.30 bits per heavy atom. The highest BCUT2D eigenvalue weighted by molar-refractivity contribution is 6.34. The van der Waals surface area contributed by atoms with Gasteiger partial charge in [0.15, 0.2) is 0 Å². The largest absolute Gasteiger partial charge is 0.478 e. The van der Waals surface area contributed by atoms with E-state index in [1.165, 1.54) is 12.1 Å². The van der Waals surface area contributed by atoms with E-state index < -0.39 is 5.97 Å². The van der Waals surface area contributed by atoms with Crippen molar-refractivity contribution < 1.29 is 19.4 Å². The number of carboxylic acid groups (broad SMARTS) is 1. The molecule has 0 radical (unpaired) electrons. The number of hydrogen-bond acceptors (Lipinski definition) is 4. The number of aromatic carboxylic acids is 1. The van der Waals surface area contributed by atoms with Crippen LogP contribution in [0.5, 0.6) is 0 Å². The second-order valence-corrected chi connectivity index (χ2v) is 4.82. The lowest BCUT2D eigenvalue weighted by molar-refractivity contribution is -0.119. The van der Waals surface area contributed by atoms with E-state index in [1.54, 1.807) is 6.07 Å². The molecule has 6 nitrogen and oxygen atoms in total. The number of hydrogen-bond donors (Lipinski definition) is 3. The summed E-state index contributed by atoms with van der Waals surface area (Å²) in [5.41, 5.74) is 0.0870. The van der Waals surface area contributed by atoms with Crippen LogP contribution in [0.3, 0.4) is 0 Å². The summed E-state index contributed by atoms with van der Waals surface area (Å²) < 4.78 is 5.42. The van der Waals surface area contributed by atoms with Crippen LogP contribution in [-0.4, -0.2) is 42.8 Å². The van der Waals surface area contributed by atoms with E-state index in [9.17, 15) is 9.59 Å². The first kappa shape index (κ1) is 14.8. The normalized spacial score (nSPS) is 18.6. The summed E-state index contributed by atoms with van der Waals surface area (Å²) in [7, 11) is 0. The highest BCUT2D eigenvalue weighted by atomic mass is 35.5. The molecule has 1 aliphatic rings. The molecule has 0 aromatic heterocycles. The number of benzene rings is 1. The molecule has 3 N–H and O–H groups in total. The first-order chi connectivity index (χ1) is 9.58. The summed E-state index contributed by atoms with van der Waals surface area (Å²) in [6, 6.07) is 4.56. The van der Waals surface area contributed by atoms with Gasteiger partial charge in [0.1, 0.15) is 5.56 Å². The molecule has 0 aliphatic carbocycles. The lowest BCUT2D eigenvalue weighted by atomic mass is 10.1. The number of anilines is 1. The Morgan fingerprint density at radius 1 is 1.50 bits per heavy atom. The van der Waals surface area contributed by atoms with Gasteiger partial charge in [-0.1, -0.05) is 17.7 Å². The maximum Gasteiger partial charge on any atom is 0.339 e. The van der Waals surface area contributed by atoms with Crippen LogP contribution in [0, 0.1) is 0 Å². The van der Waals surface area contributed by atoms with E-state index in [1.807, 2.05) is 0 Å². The molecule has 108 valence electrons. The highest BCUT2D eigenvalue weighted by Crippen LogP contribution is 2.24. The maximum atomic E-state index is 11.9. The topological polar surface area (TPSA) is 87.7 Å². The molecule has 1 amide bonds. The van der Waals surface area contributed by atoms with Gasteiger partial charge in [0.2, 0.25) is 5.91 Å². The smallest absolute Gasteiger partial charge is 0.339 e. The molecule has 0 saturated carbocycles. The number of halogens is 1. The van der Waals surface area contributed by atoms with Crippen molar-refractivity contribution in [3.63, 3.8) is 0 Å². The van der Waals surface area contributed by atoms with Crippen LogP contribution in [-0.2, 0) is 9.53 Å². The van der Waals surface area contributed by atoms with E-state index in [2.05, 4.69) is 10.6 Å². The highest BCUT2D eigenvalue weighted by Gasteiger charge is 2.20. The number of nitrogens with one attached hydrogen (secondary N) is 2. The van der Waals surface area contributed by atoms with Gasteiger partial charge in [-0.05, 0) is 12.1 Å². The minimum absolute atomic E-state index is 0.0888. The fourth-order valence-corrected chi connectivity index (χ4v) is 2.26. The molecule has 1 unspecified atom stereocenters. The second kappa shape index (κ2) is 6.69. The average Bonchev–Trinajstić information content (AvgIpc) is 2.39. The summed E-state index contributed by atoms with van der Waals surface area (Å²) in [5.74, 6) is -1.48. The SMILES string of the molecule is O=C(CC1CNCCO1)Nc1cccc(Cl)c1C(=O)O. The van der Waals surface area contributed by atoms with Gasteiger partial charge in [0, 0.05) is 13.1 Å². The van der Waals surface area contributed by atoms with E-state index in [4.69, 9.17) is 21.4 Å². The standard InChI is InChI=1S/C13H15ClN2O4/c14-9-2-1-3-10(12(9)13(18)19)16-11(17)6-8-7-15-4-5-20-8/h1-3,8,15H,4-7H2,(H,16,17)(H,18,19). The van der Waals surface area contributed by atoms with Crippen molar-refractivity contribution in [2.24, 2.45) is 0 Å². The third-order valence-corrected chi connectivity index (χ3v) is 3.23. The van der Waals surface area contributed by atoms with Gasteiger partial charge < -0.3 is 20.5 Å². The van der Waals surface area contributed by atoms with Crippen LogP contribution >= 0.6 is 11.6 Å². The van der Waals surface area contributed by atoms with Crippen LogP contribution in [0.25, 0.3) is 0 Å².